The van der Waals surface area contributed by atoms with Gasteiger partial charge in [-0.3, -0.25) is 0 Å². The molecule has 1 aromatic rings. The quantitative estimate of drug-likeness (QED) is 0.774. The Hall–Kier alpha value is -0.470. The van der Waals surface area contributed by atoms with Crippen LogP contribution < -0.4 is 5.73 Å². The summed E-state index contributed by atoms with van der Waals surface area (Å²) >= 11 is 2.02. The Bertz CT molecular complexity index is 398. The predicted molar refractivity (Wildman–Crippen MR) is 85.8 cm³/mol. The van der Waals surface area contributed by atoms with Crippen molar-refractivity contribution >= 4 is 11.8 Å². The molecule has 0 spiro atoms. The highest BCUT2D eigenvalue weighted by Gasteiger charge is 2.33. The van der Waals surface area contributed by atoms with Crippen LogP contribution in [-0.4, -0.2) is 12.3 Å². The molecule has 0 aliphatic carbocycles. The van der Waals surface area contributed by atoms with Crippen molar-refractivity contribution in [1.29, 1.82) is 0 Å². The lowest BCUT2D eigenvalue weighted by atomic mass is 9.72. The molecular weight excluding hydrogens is 250 g/mol. The smallest absolute Gasteiger partial charge is 0.0107 e. The maximum Gasteiger partial charge on any atom is 0.0107 e. The van der Waals surface area contributed by atoms with Crippen LogP contribution in [-0.2, 0) is 0 Å². The second-order valence-corrected chi connectivity index (χ2v) is 6.97. The summed E-state index contributed by atoms with van der Waals surface area (Å²) in [5.41, 5.74) is 8.08. The molecule has 0 aromatic heterocycles. The molecule has 0 saturated carbocycles. The van der Waals surface area contributed by atoms with Gasteiger partial charge in [0, 0.05) is 10.6 Å². The minimum atomic E-state index is 0.360. The van der Waals surface area contributed by atoms with Gasteiger partial charge in [-0.15, -0.1) is 11.8 Å². The number of rotatable bonds is 7. The molecule has 2 unspecified atom stereocenters. The lowest BCUT2D eigenvalue weighted by molar-refractivity contribution is 0.218. The fourth-order valence-electron chi connectivity index (χ4n) is 3.23. The van der Waals surface area contributed by atoms with Crippen molar-refractivity contribution in [1.82, 2.24) is 0 Å². The lowest BCUT2D eigenvalue weighted by Gasteiger charge is -2.34. The molecule has 2 rings (SSSR count). The lowest BCUT2D eigenvalue weighted by Crippen LogP contribution is -2.32. The molecule has 1 aliphatic heterocycles. The van der Waals surface area contributed by atoms with Gasteiger partial charge in [0.1, 0.15) is 0 Å². The fourth-order valence-corrected chi connectivity index (χ4v) is 4.48. The number of hydrogen-bond donors (Lipinski definition) is 1. The van der Waals surface area contributed by atoms with Gasteiger partial charge in [-0.2, -0.15) is 0 Å². The molecular formula is C17H27NS. The van der Waals surface area contributed by atoms with E-state index in [0.29, 0.717) is 11.3 Å². The topological polar surface area (TPSA) is 26.0 Å². The summed E-state index contributed by atoms with van der Waals surface area (Å²) < 4.78 is 0. The van der Waals surface area contributed by atoms with Crippen LogP contribution in [0.1, 0.15) is 57.4 Å². The SMILES string of the molecule is CCCCC(CC)(CN)CC1CSc2ccccc21. The number of fused-ring (bicyclic) bond motifs is 1. The number of benzene rings is 1. The second-order valence-electron chi connectivity index (χ2n) is 5.91. The van der Waals surface area contributed by atoms with E-state index in [1.54, 1.807) is 5.56 Å². The minimum Gasteiger partial charge on any atom is -0.330 e. The molecule has 1 nitrogen and oxygen atoms in total. The van der Waals surface area contributed by atoms with Gasteiger partial charge >= 0.3 is 0 Å². The van der Waals surface area contributed by atoms with Crippen molar-refractivity contribution in [2.75, 3.05) is 12.3 Å². The van der Waals surface area contributed by atoms with Crippen LogP contribution in [0.15, 0.2) is 29.2 Å². The number of unbranched alkanes of at least 4 members (excludes halogenated alkanes) is 1. The van der Waals surface area contributed by atoms with Gasteiger partial charge in [0.05, 0.1) is 0 Å². The Morgan fingerprint density at radius 1 is 1.32 bits per heavy atom. The van der Waals surface area contributed by atoms with Gasteiger partial charge in [0.2, 0.25) is 0 Å². The second kappa shape index (κ2) is 6.81. The average Bonchev–Trinajstić information content (AvgIpc) is 2.87. The van der Waals surface area contributed by atoms with Crippen molar-refractivity contribution in [2.45, 2.75) is 56.8 Å². The van der Waals surface area contributed by atoms with Crippen molar-refractivity contribution in [3.8, 4) is 0 Å². The van der Waals surface area contributed by atoms with E-state index in [2.05, 4.69) is 38.1 Å². The molecule has 2 N–H and O–H groups in total. The Balaban J connectivity index is 2.10. The molecule has 0 amide bonds. The Morgan fingerprint density at radius 2 is 2.11 bits per heavy atom. The zero-order valence-corrected chi connectivity index (χ0v) is 13.1. The summed E-state index contributed by atoms with van der Waals surface area (Å²) in [4.78, 5) is 1.49. The van der Waals surface area contributed by atoms with Gasteiger partial charge < -0.3 is 5.73 Å². The normalized spacial score (nSPS) is 21.1. The molecule has 1 heterocycles. The zero-order valence-electron chi connectivity index (χ0n) is 12.3. The van der Waals surface area contributed by atoms with Gasteiger partial charge in [0.15, 0.2) is 0 Å². The number of hydrogen-bond acceptors (Lipinski definition) is 2. The highest BCUT2D eigenvalue weighted by molar-refractivity contribution is 7.99. The van der Waals surface area contributed by atoms with Gasteiger partial charge in [-0.05, 0) is 48.8 Å². The fraction of sp³-hybridized carbons (Fsp3) is 0.647. The van der Waals surface area contributed by atoms with Crippen LogP contribution in [0, 0.1) is 5.41 Å². The van der Waals surface area contributed by atoms with Crippen LogP contribution in [0.25, 0.3) is 0 Å². The molecule has 19 heavy (non-hydrogen) atoms. The zero-order chi connectivity index (χ0) is 13.7. The van der Waals surface area contributed by atoms with Crippen molar-refractivity contribution in [3.63, 3.8) is 0 Å². The van der Waals surface area contributed by atoms with E-state index < -0.39 is 0 Å². The van der Waals surface area contributed by atoms with E-state index in [9.17, 15) is 0 Å². The summed E-state index contributed by atoms with van der Waals surface area (Å²) in [6.45, 7) is 5.43. The van der Waals surface area contributed by atoms with E-state index in [-0.39, 0.29) is 0 Å². The Labute approximate surface area is 122 Å². The maximum atomic E-state index is 6.15. The van der Waals surface area contributed by atoms with Crippen LogP contribution in [0.2, 0.25) is 0 Å². The summed E-state index contributed by atoms with van der Waals surface area (Å²) in [5.74, 6) is 1.95. The third-order valence-corrected chi connectivity index (χ3v) is 5.97. The highest BCUT2D eigenvalue weighted by atomic mass is 32.2. The summed E-state index contributed by atoms with van der Waals surface area (Å²) in [6.07, 6.45) is 6.36. The van der Waals surface area contributed by atoms with E-state index in [1.807, 2.05) is 11.8 Å². The number of thioether (sulfide) groups is 1. The van der Waals surface area contributed by atoms with E-state index in [4.69, 9.17) is 5.73 Å². The third-order valence-electron chi connectivity index (χ3n) is 4.72. The van der Waals surface area contributed by atoms with Crippen LogP contribution in [0.4, 0.5) is 0 Å². The molecule has 1 aromatic carbocycles. The molecule has 2 atom stereocenters. The standard InChI is InChI=1S/C17H27NS/c1-3-5-10-17(4-2,13-18)11-14-12-19-16-9-7-6-8-15(14)16/h6-9,14H,3-5,10-13,18H2,1-2H3. The molecule has 2 heteroatoms. The molecule has 0 bridgehead atoms. The van der Waals surface area contributed by atoms with Crippen LogP contribution >= 0.6 is 11.8 Å². The number of nitrogens with two attached hydrogens (primary N) is 1. The first-order valence-electron chi connectivity index (χ1n) is 7.66. The monoisotopic (exact) mass is 277 g/mol. The molecule has 0 radical (unpaired) electrons. The molecule has 1 aliphatic rings. The highest BCUT2D eigenvalue weighted by Crippen LogP contribution is 2.46. The summed E-state index contributed by atoms with van der Waals surface area (Å²) in [5, 5.41) is 0. The van der Waals surface area contributed by atoms with Gasteiger partial charge in [0.25, 0.3) is 0 Å². The first-order valence-corrected chi connectivity index (χ1v) is 8.65. The average molecular weight is 277 g/mol. The Morgan fingerprint density at radius 3 is 2.79 bits per heavy atom. The van der Waals surface area contributed by atoms with Gasteiger partial charge in [-0.25, -0.2) is 0 Å². The first kappa shape index (κ1) is 14.9. The summed E-state index contributed by atoms with van der Waals surface area (Å²) in [6, 6.07) is 8.92. The molecule has 0 saturated heterocycles. The largest absolute Gasteiger partial charge is 0.330 e. The van der Waals surface area contributed by atoms with Crippen LogP contribution in [0.5, 0.6) is 0 Å². The predicted octanol–water partition coefficient (Wildman–Crippen LogP) is 4.81. The van der Waals surface area contributed by atoms with E-state index in [0.717, 1.165) is 6.54 Å². The molecule has 106 valence electrons. The van der Waals surface area contributed by atoms with Crippen molar-refractivity contribution < 1.29 is 0 Å². The van der Waals surface area contributed by atoms with E-state index in [1.165, 1.54) is 42.8 Å². The Kier molecular flexibility index (Phi) is 5.35. The maximum absolute atomic E-state index is 6.15. The molecule has 0 fully saturated rings. The van der Waals surface area contributed by atoms with Gasteiger partial charge in [-0.1, -0.05) is 44.9 Å². The first-order chi connectivity index (χ1) is 9.24. The van der Waals surface area contributed by atoms with Crippen molar-refractivity contribution in [2.24, 2.45) is 11.1 Å². The summed E-state index contributed by atoms with van der Waals surface area (Å²) in [7, 11) is 0. The van der Waals surface area contributed by atoms with Crippen LogP contribution in [0.3, 0.4) is 0 Å². The minimum absolute atomic E-state index is 0.360. The van der Waals surface area contributed by atoms with Crippen molar-refractivity contribution in [3.05, 3.63) is 29.8 Å². The van der Waals surface area contributed by atoms with E-state index >= 15 is 0 Å². The third kappa shape index (κ3) is 3.35.